The quantitative estimate of drug-likeness (QED) is 0.230. The summed E-state index contributed by atoms with van der Waals surface area (Å²) >= 11 is 0. The molecular formula is C19H27NO4. The zero-order chi connectivity index (χ0) is 19.0. The molecule has 0 atom stereocenters. The van der Waals surface area contributed by atoms with E-state index < -0.39 is 0 Å². The molecule has 5 nitrogen and oxygen atoms in total. The number of ketones is 1. The van der Waals surface area contributed by atoms with Crippen molar-refractivity contribution in [3.63, 3.8) is 0 Å². The molecule has 1 rings (SSSR count). The van der Waals surface area contributed by atoms with Crippen molar-refractivity contribution in [3.05, 3.63) is 34.7 Å². The zero-order valence-electron chi connectivity index (χ0n) is 15.0. The van der Waals surface area contributed by atoms with E-state index in [0.717, 1.165) is 19.3 Å². The van der Waals surface area contributed by atoms with Crippen molar-refractivity contribution in [2.45, 2.75) is 59.0 Å². The number of carbonyl (C=O) groups is 2. The van der Waals surface area contributed by atoms with Crippen LogP contribution in [0.2, 0.25) is 0 Å². The Kier molecular flexibility index (Phi) is 14.0. The molecule has 0 N–H and O–H groups in total. The van der Waals surface area contributed by atoms with Gasteiger partial charge in [0.05, 0.1) is 0 Å². The molecule has 5 heteroatoms. The molecule has 0 aromatic heterocycles. The van der Waals surface area contributed by atoms with Crippen molar-refractivity contribution in [1.29, 1.82) is 0 Å². The van der Waals surface area contributed by atoms with Crippen molar-refractivity contribution in [2.75, 3.05) is 0 Å². The lowest BCUT2D eigenvalue weighted by Crippen LogP contribution is -2.17. The summed E-state index contributed by atoms with van der Waals surface area (Å²) in [6, 6.07) is 6.45. The molecule has 0 amide bonds. The molecule has 0 radical (unpaired) electrons. The van der Waals surface area contributed by atoms with Gasteiger partial charge in [0.2, 0.25) is 0 Å². The van der Waals surface area contributed by atoms with Crippen LogP contribution < -0.4 is 0 Å². The minimum absolute atomic E-state index is 0.140. The topological polar surface area (TPSA) is 72.8 Å². The Morgan fingerprint density at radius 1 is 1.17 bits per heavy atom. The van der Waals surface area contributed by atoms with Crippen LogP contribution in [0.25, 0.3) is 0 Å². The molecule has 1 aromatic rings. The lowest BCUT2D eigenvalue weighted by Gasteiger charge is -2.14. The molecule has 0 heterocycles. The number of ether oxygens (including phenoxy) is 1. The first-order valence-electron chi connectivity index (χ1n) is 7.75. The first kappa shape index (κ1) is 23.8. The van der Waals surface area contributed by atoms with E-state index in [1.807, 2.05) is 20.8 Å². The van der Waals surface area contributed by atoms with E-state index in [2.05, 4.69) is 29.7 Å². The standard InChI is InChI=1S/C12H15NO2.C5H10O2.C2H2/c1-2-3-4-5-12(14)10-6-8-11(13-15)9-7-10;1-5(2,3)7-4-6;1-2/h6-9H,2-5H2,1H3;4H,1-3H3;1-2H. The number of Topliss-reactive ketones (excluding diaryl/α,β-unsaturated/α-hetero) is 1. The number of rotatable bonds is 7. The highest BCUT2D eigenvalue weighted by atomic mass is 16.5. The number of nitrogens with zero attached hydrogens (tertiary/aromatic N) is 1. The molecule has 24 heavy (non-hydrogen) atoms. The summed E-state index contributed by atoms with van der Waals surface area (Å²) < 4.78 is 4.55. The van der Waals surface area contributed by atoms with E-state index in [1.165, 1.54) is 0 Å². The van der Waals surface area contributed by atoms with Crippen molar-refractivity contribution < 1.29 is 14.3 Å². The second-order valence-corrected chi connectivity index (χ2v) is 5.84. The van der Waals surface area contributed by atoms with Crippen LogP contribution in [0.1, 0.15) is 63.7 Å². The summed E-state index contributed by atoms with van der Waals surface area (Å²) in [4.78, 5) is 31.4. The molecule has 132 valence electrons. The maximum Gasteiger partial charge on any atom is 0.293 e. The number of nitroso groups, excluding NO2 is 1. The number of terminal acetylenes is 1. The Labute approximate surface area is 144 Å². The van der Waals surface area contributed by atoms with Gasteiger partial charge < -0.3 is 4.74 Å². The van der Waals surface area contributed by atoms with Crippen molar-refractivity contribution >= 4 is 17.9 Å². The Morgan fingerprint density at radius 2 is 1.71 bits per heavy atom. The summed E-state index contributed by atoms with van der Waals surface area (Å²) in [5.74, 6) is 0.140. The first-order valence-corrected chi connectivity index (χ1v) is 7.75. The largest absolute Gasteiger partial charge is 0.462 e. The number of hydrogen-bond acceptors (Lipinski definition) is 5. The summed E-state index contributed by atoms with van der Waals surface area (Å²) in [6.07, 6.45) is 11.7. The highest BCUT2D eigenvalue weighted by Crippen LogP contribution is 2.14. The van der Waals surface area contributed by atoms with Crippen LogP contribution in [-0.2, 0) is 9.53 Å². The molecule has 0 unspecified atom stereocenters. The molecule has 0 aliphatic carbocycles. The van der Waals surface area contributed by atoms with Gasteiger partial charge in [-0.25, -0.2) is 0 Å². The minimum atomic E-state index is -0.318. The van der Waals surface area contributed by atoms with Gasteiger partial charge in [-0.3, -0.25) is 9.59 Å². The summed E-state index contributed by atoms with van der Waals surface area (Å²) in [7, 11) is 0. The van der Waals surface area contributed by atoms with Gasteiger partial charge in [-0.15, -0.1) is 17.8 Å². The SMILES string of the molecule is C#C.CC(C)(C)OC=O.CCCCCC(=O)c1ccc(N=O)cc1. The van der Waals surface area contributed by atoms with Crippen LogP contribution in [-0.4, -0.2) is 17.9 Å². The Morgan fingerprint density at radius 3 is 2.04 bits per heavy atom. The first-order chi connectivity index (χ1) is 11.3. The lowest BCUT2D eigenvalue weighted by atomic mass is 10.0. The summed E-state index contributed by atoms with van der Waals surface area (Å²) in [6.45, 7) is 8.03. The molecule has 0 saturated carbocycles. The second kappa shape index (κ2) is 14.1. The van der Waals surface area contributed by atoms with Crippen LogP contribution in [0.4, 0.5) is 5.69 Å². The minimum Gasteiger partial charge on any atom is -0.462 e. The Bertz CT molecular complexity index is 498. The second-order valence-electron chi connectivity index (χ2n) is 5.84. The number of benzene rings is 1. The Hall–Kier alpha value is -2.48. The van der Waals surface area contributed by atoms with Crippen molar-refractivity contribution in [3.8, 4) is 12.8 Å². The fourth-order valence-electron chi connectivity index (χ4n) is 1.53. The fourth-order valence-corrected chi connectivity index (χ4v) is 1.53. The van der Waals surface area contributed by atoms with Gasteiger partial charge in [0.15, 0.2) is 5.78 Å². The summed E-state index contributed by atoms with van der Waals surface area (Å²) in [5, 5.41) is 2.79. The molecule has 1 aromatic carbocycles. The third-order valence-electron chi connectivity index (χ3n) is 2.70. The summed E-state index contributed by atoms with van der Waals surface area (Å²) in [5.41, 5.74) is 0.709. The number of carbonyl (C=O) groups excluding carboxylic acids is 2. The maximum absolute atomic E-state index is 11.6. The fraction of sp³-hybridized carbons (Fsp3) is 0.474. The normalized spacial score (nSPS) is 9.42. The highest BCUT2D eigenvalue weighted by molar-refractivity contribution is 5.96. The average molecular weight is 333 g/mol. The van der Waals surface area contributed by atoms with Crippen molar-refractivity contribution in [2.24, 2.45) is 5.18 Å². The molecule has 0 spiro atoms. The van der Waals surface area contributed by atoms with Crippen molar-refractivity contribution in [1.82, 2.24) is 0 Å². The highest BCUT2D eigenvalue weighted by Gasteiger charge is 2.07. The predicted molar refractivity (Wildman–Crippen MR) is 97.2 cm³/mol. The average Bonchev–Trinajstić information content (AvgIpc) is 2.56. The number of unbranched alkanes of at least 4 members (excludes halogenated alkanes) is 2. The third kappa shape index (κ3) is 13.2. The van der Waals surface area contributed by atoms with Gasteiger partial charge in [-0.05, 0) is 56.6 Å². The molecule has 0 bridgehead atoms. The third-order valence-corrected chi connectivity index (χ3v) is 2.70. The van der Waals surface area contributed by atoms with E-state index in [0.29, 0.717) is 24.1 Å². The molecule has 0 saturated heterocycles. The van der Waals surface area contributed by atoms with Gasteiger partial charge in [-0.1, -0.05) is 19.8 Å². The predicted octanol–water partition coefficient (Wildman–Crippen LogP) is 5.05. The number of hydrogen-bond donors (Lipinski definition) is 0. The smallest absolute Gasteiger partial charge is 0.293 e. The molecular weight excluding hydrogens is 306 g/mol. The van der Waals surface area contributed by atoms with E-state index in [9.17, 15) is 14.5 Å². The van der Waals surface area contributed by atoms with E-state index in [4.69, 9.17) is 0 Å². The van der Waals surface area contributed by atoms with Gasteiger partial charge in [0.25, 0.3) is 6.47 Å². The maximum atomic E-state index is 11.6. The monoisotopic (exact) mass is 333 g/mol. The van der Waals surface area contributed by atoms with Crippen LogP contribution in [0.15, 0.2) is 29.4 Å². The Balaban J connectivity index is 0. The van der Waals surface area contributed by atoms with Crippen LogP contribution >= 0.6 is 0 Å². The van der Waals surface area contributed by atoms with Gasteiger partial charge in [-0.2, -0.15) is 0 Å². The van der Waals surface area contributed by atoms with Gasteiger partial charge in [0, 0.05) is 12.0 Å². The molecule has 0 aliphatic heterocycles. The molecule has 0 aliphatic rings. The van der Waals surface area contributed by atoms with E-state index in [-0.39, 0.29) is 11.4 Å². The van der Waals surface area contributed by atoms with Crippen LogP contribution in [0.5, 0.6) is 0 Å². The molecule has 0 fully saturated rings. The van der Waals surface area contributed by atoms with Gasteiger partial charge >= 0.3 is 0 Å². The van der Waals surface area contributed by atoms with Crippen LogP contribution in [0, 0.1) is 17.8 Å². The van der Waals surface area contributed by atoms with E-state index >= 15 is 0 Å². The van der Waals surface area contributed by atoms with Crippen LogP contribution in [0.3, 0.4) is 0 Å². The zero-order valence-corrected chi connectivity index (χ0v) is 15.0. The van der Waals surface area contributed by atoms with E-state index in [1.54, 1.807) is 24.3 Å². The van der Waals surface area contributed by atoms with Gasteiger partial charge in [0.1, 0.15) is 11.3 Å². The lowest BCUT2D eigenvalue weighted by molar-refractivity contribution is -0.138.